The summed E-state index contributed by atoms with van der Waals surface area (Å²) in [6.07, 6.45) is 0. The van der Waals surface area contributed by atoms with Crippen molar-refractivity contribution in [3.63, 3.8) is 0 Å². The molecule has 10 aromatic carbocycles. The summed E-state index contributed by atoms with van der Waals surface area (Å²) in [5.74, 6) is 0. The van der Waals surface area contributed by atoms with Crippen LogP contribution in [0.2, 0.25) is 0 Å². The molecule has 0 saturated heterocycles. The van der Waals surface area contributed by atoms with Gasteiger partial charge in [0.1, 0.15) is 0 Å². The highest BCUT2D eigenvalue weighted by Crippen LogP contribution is 2.42. The van der Waals surface area contributed by atoms with Gasteiger partial charge in [-0.25, -0.2) is 0 Å². The van der Waals surface area contributed by atoms with Crippen LogP contribution in [0.25, 0.3) is 125 Å². The fourth-order valence-electron chi connectivity index (χ4n) is 10.6. The van der Waals surface area contributed by atoms with Gasteiger partial charge in [-0.3, -0.25) is 0 Å². The highest BCUT2D eigenvalue weighted by molar-refractivity contribution is 7.25. The molecular weight excluding hydrogens is 795 g/mol. The number of para-hydroxylation sites is 4. The van der Waals surface area contributed by atoms with Crippen LogP contribution in [0.4, 0.5) is 0 Å². The quantitative estimate of drug-likeness (QED) is 0.164. The summed E-state index contributed by atoms with van der Waals surface area (Å²) in [7, 11) is 0. The van der Waals surface area contributed by atoms with Crippen molar-refractivity contribution in [1.29, 1.82) is 0 Å². The standard InChI is InChI=1S/C60H37N3S/c1-2-14-38(15-3-1)40-32-41(39-26-31-60-52(35-39)49-20-8-13-25-59(49)64-60)34-44(33-40)63-57-29-27-42(61-53-21-9-4-16-45(53)46-17-5-10-22-54(46)61)36-50(57)51-37-43(28-30-58(51)63)62-55-23-11-6-18-47(55)48-19-7-12-24-56(48)62/h1-37H. The van der Waals surface area contributed by atoms with E-state index in [1.165, 1.54) is 96.8 Å². The predicted molar refractivity (Wildman–Crippen MR) is 273 cm³/mol. The monoisotopic (exact) mass is 831 g/mol. The molecule has 298 valence electrons. The third-order valence-corrected chi connectivity index (χ3v) is 14.6. The fraction of sp³-hybridized carbons (Fsp3) is 0. The first kappa shape index (κ1) is 35.4. The van der Waals surface area contributed by atoms with Gasteiger partial charge < -0.3 is 13.7 Å². The van der Waals surface area contributed by atoms with Crippen LogP contribution in [0.5, 0.6) is 0 Å². The van der Waals surface area contributed by atoms with Crippen LogP contribution in [0.3, 0.4) is 0 Å². The van der Waals surface area contributed by atoms with E-state index in [1.54, 1.807) is 0 Å². The number of benzene rings is 10. The van der Waals surface area contributed by atoms with Gasteiger partial charge in [-0.1, -0.05) is 127 Å². The van der Waals surface area contributed by atoms with E-state index >= 15 is 0 Å². The molecule has 4 heteroatoms. The van der Waals surface area contributed by atoms with E-state index in [0.717, 1.165) is 28.1 Å². The molecule has 0 spiro atoms. The van der Waals surface area contributed by atoms with Gasteiger partial charge in [0.05, 0.1) is 33.1 Å². The number of aromatic nitrogens is 3. The van der Waals surface area contributed by atoms with Crippen molar-refractivity contribution >= 4 is 96.9 Å². The lowest BCUT2D eigenvalue weighted by molar-refractivity contribution is 1.16. The molecule has 14 aromatic rings. The maximum atomic E-state index is 2.49. The van der Waals surface area contributed by atoms with Crippen molar-refractivity contribution < 1.29 is 0 Å². The summed E-state index contributed by atoms with van der Waals surface area (Å²) < 4.78 is 9.99. The van der Waals surface area contributed by atoms with Gasteiger partial charge in [0.2, 0.25) is 0 Å². The number of hydrogen-bond donors (Lipinski definition) is 0. The van der Waals surface area contributed by atoms with Crippen LogP contribution in [0.15, 0.2) is 224 Å². The summed E-state index contributed by atoms with van der Waals surface area (Å²) in [6.45, 7) is 0. The Kier molecular flexibility index (Phi) is 7.56. The van der Waals surface area contributed by atoms with Crippen molar-refractivity contribution in [3.8, 4) is 39.3 Å². The maximum absolute atomic E-state index is 2.49. The molecule has 0 aliphatic heterocycles. The molecule has 0 amide bonds. The molecule has 0 radical (unpaired) electrons. The van der Waals surface area contributed by atoms with Gasteiger partial charge in [0.25, 0.3) is 0 Å². The SMILES string of the molecule is c1ccc(-c2cc(-c3ccc4sc5ccccc5c4c3)cc(-n3c4ccc(-n5c6ccccc6c6ccccc65)cc4c4cc(-n5c6ccccc6c6ccccc65)ccc43)c2)cc1. The minimum absolute atomic E-state index is 1.13. The molecule has 0 bridgehead atoms. The summed E-state index contributed by atoms with van der Waals surface area (Å²) in [4.78, 5) is 0. The van der Waals surface area contributed by atoms with E-state index in [1.807, 2.05) is 11.3 Å². The first-order chi connectivity index (χ1) is 31.7. The van der Waals surface area contributed by atoms with Gasteiger partial charge in [0, 0.05) is 69.6 Å². The molecule has 0 aliphatic carbocycles. The highest BCUT2D eigenvalue weighted by atomic mass is 32.1. The van der Waals surface area contributed by atoms with Crippen LogP contribution in [0, 0.1) is 0 Å². The summed E-state index contributed by atoms with van der Waals surface area (Å²) in [6, 6.07) is 83.0. The summed E-state index contributed by atoms with van der Waals surface area (Å²) >= 11 is 1.86. The van der Waals surface area contributed by atoms with E-state index in [4.69, 9.17) is 0 Å². The van der Waals surface area contributed by atoms with Crippen molar-refractivity contribution in [2.75, 3.05) is 0 Å². The average molecular weight is 832 g/mol. The van der Waals surface area contributed by atoms with Gasteiger partial charge in [-0.05, 0) is 119 Å². The highest BCUT2D eigenvalue weighted by Gasteiger charge is 2.20. The Labute approximate surface area is 372 Å². The first-order valence-corrected chi connectivity index (χ1v) is 22.7. The second-order valence-electron chi connectivity index (χ2n) is 16.9. The van der Waals surface area contributed by atoms with E-state index in [0.29, 0.717) is 0 Å². The van der Waals surface area contributed by atoms with E-state index in [9.17, 15) is 0 Å². The Morgan fingerprint density at radius 2 is 0.641 bits per heavy atom. The number of nitrogens with zero attached hydrogens (tertiary/aromatic N) is 3. The van der Waals surface area contributed by atoms with Crippen LogP contribution in [-0.2, 0) is 0 Å². The first-order valence-electron chi connectivity index (χ1n) is 21.9. The maximum Gasteiger partial charge on any atom is 0.0542 e. The Morgan fingerprint density at radius 3 is 1.19 bits per heavy atom. The summed E-state index contributed by atoms with van der Waals surface area (Å²) in [5.41, 5.74) is 15.3. The molecule has 4 aromatic heterocycles. The molecule has 0 atom stereocenters. The molecule has 0 unspecified atom stereocenters. The minimum Gasteiger partial charge on any atom is -0.309 e. The number of thiophene rings is 1. The molecule has 0 fully saturated rings. The number of rotatable bonds is 5. The van der Waals surface area contributed by atoms with Gasteiger partial charge >= 0.3 is 0 Å². The van der Waals surface area contributed by atoms with Crippen molar-refractivity contribution in [3.05, 3.63) is 224 Å². The molecular formula is C60H37N3S. The molecule has 0 aliphatic rings. The zero-order chi connectivity index (χ0) is 41.9. The van der Waals surface area contributed by atoms with Crippen LogP contribution in [0.1, 0.15) is 0 Å². The molecule has 0 N–H and O–H groups in total. The lowest BCUT2D eigenvalue weighted by atomic mass is 9.97. The molecule has 3 nitrogen and oxygen atoms in total. The molecule has 14 rings (SSSR count). The topological polar surface area (TPSA) is 14.8 Å². The van der Waals surface area contributed by atoms with Crippen molar-refractivity contribution in [2.45, 2.75) is 0 Å². The Balaban J connectivity index is 1.06. The molecule has 4 heterocycles. The largest absolute Gasteiger partial charge is 0.309 e. The third kappa shape index (κ3) is 5.21. The van der Waals surface area contributed by atoms with E-state index < -0.39 is 0 Å². The second kappa shape index (κ2) is 13.7. The van der Waals surface area contributed by atoms with Crippen molar-refractivity contribution in [2.24, 2.45) is 0 Å². The zero-order valence-electron chi connectivity index (χ0n) is 34.6. The second-order valence-corrected chi connectivity index (χ2v) is 18.0. The molecule has 64 heavy (non-hydrogen) atoms. The van der Waals surface area contributed by atoms with E-state index in [2.05, 4.69) is 238 Å². The summed E-state index contributed by atoms with van der Waals surface area (Å²) in [5, 5.41) is 10.0. The Hall–Kier alpha value is -8.18. The van der Waals surface area contributed by atoms with Crippen LogP contribution < -0.4 is 0 Å². The molecule has 0 saturated carbocycles. The average Bonchev–Trinajstić information content (AvgIpc) is 4.10. The normalized spacial score (nSPS) is 12.1. The number of hydrogen-bond acceptors (Lipinski definition) is 1. The lowest BCUT2D eigenvalue weighted by Gasteiger charge is -2.15. The van der Waals surface area contributed by atoms with Gasteiger partial charge in [0.15, 0.2) is 0 Å². The Bertz CT molecular complexity index is 3920. The number of fused-ring (bicyclic) bond motifs is 12. The minimum atomic E-state index is 1.13. The third-order valence-electron chi connectivity index (χ3n) is 13.4. The van der Waals surface area contributed by atoms with E-state index in [-0.39, 0.29) is 0 Å². The fourth-order valence-corrected chi connectivity index (χ4v) is 11.7. The van der Waals surface area contributed by atoms with Gasteiger partial charge in [-0.15, -0.1) is 11.3 Å². The smallest absolute Gasteiger partial charge is 0.0542 e. The van der Waals surface area contributed by atoms with Crippen LogP contribution in [-0.4, -0.2) is 13.7 Å². The van der Waals surface area contributed by atoms with Crippen molar-refractivity contribution in [1.82, 2.24) is 13.7 Å². The van der Waals surface area contributed by atoms with Gasteiger partial charge in [-0.2, -0.15) is 0 Å². The zero-order valence-corrected chi connectivity index (χ0v) is 35.4. The predicted octanol–water partition coefficient (Wildman–Crippen LogP) is 16.7. The van der Waals surface area contributed by atoms with Crippen LogP contribution >= 0.6 is 11.3 Å². The Morgan fingerprint density at radius 1 is 0.219 bits per heavy atom. The lowest BCUT2D eigenvalue weighted by Crippen LogP contribution is -1.97.